The zero-order valence-electron chi connectivity index (χ0n) is 11.2. The fourth-order valence-corrected chi connectivity index (χ4v) is 4.55. The minimum atomic E-state index is 0.343. The van der Waals surface area contributed by atoms with E-state index < -0.39 is 0 Å². The first kappa shape index (κ1) is 12.0. The van der Waals surface area contributed by atoms with E-state index in [9.17, 15) is 0 Å². The molecule has 1 saturated heterocycles. The van der Waals surface area contributed by atoms with Gasteiger partial charge in [-0.3, -0.25) is 0 Å². The summed E-state index contributed by atoms with van der Waals surface area (Å²) < 4.78 is 6.07. The van der Waals surface area contributed by atoms with Gasteiger partial charge < -0.3 is 10.1 Å². The second kappa shape index (κ2) is 4.89. The van der Waals surface area contributed by atoms with Crippen molar-refractivity contribution in [1.82, 2.24) is 5.32 Å². The Morgan fingerprint density at radius 1 is 1.18 bits per heavy atom. The predicted octanol–water partition coefficient (Wildman–Crippen LogP) is 2.97. The van der Waals surface area contributed by atoms with Gasteiger partial charge in [0, 0.05) is 6.61 Å². The van der Waals surface area contributed by atoms with Crippen molar-refractivity contribution in [2.24, 2.45) is 17.8 Å². The average molecular weight is 237 g/mol. The van der Waals surface area contributed by atoms with Crippen LogP contribution in [-0.4, -0.2) is 25.8 Å². The maximum absolute atomic E-state index is 6.07. The predicted molar refractivity (Wildman–Crippen MR) is 70.0 cm³/mol. The molecule has 0 aromatic rings. The second-order valence-electron chi connectivity index (χ2n) is 6.55. The molecule has 3 aliphatic rings. The summed E-state index contributed by atoms with van der Waals surface area (Å²) in [6.45, 7) is 2.27. The van der Waals surface area contributed by atoms with Gasteiger partial charge in [0.15, 0.2) is 0 Å². The van der Waals surface area contributed by atoms with Crippen LogP contribution in [0.4, 0.5) is 0 Å². The molecule has 0 radical (unpaired) electrons. The van der Waals surface area contributed by atoms with Gasteiger partial charge in [0.25, 0.3) is 0 Å². The van der Waals surface area contributed by atoms with Gasteiger partial charge in [-0.15, -0.1) is 0 Å². The number of hydrogen-bond acceptors (Lipinski definition) is 2. The Labute approximate surface area is 105 Å². The Balaban J connectivity index is 1.62. The van der Waals surface area contributed by atoms with Crippen LogP contribution in [0.25, 0.3) is 0 Å². The number of ether oxygens (including phenoxy) is 1. The number of nitrogens with one attached hydrogen (secondary N) is 1. The van der Waals surface area contributed by atoms with E-state index in [0.29, 0.717) is 5.60 Å². The van der Waals surface area contributed by atoms with Gasteiger partial charge in [-0.05, 0) is 76.3 Å². The summed E-state index contributed by atoms with van der Waals surface area (Å²) in [7, 11) is 2.10. The van der Waals surface area contributed by atoms with E-state index in [1.54, 1.807) is 0 Å². The highest BCUT2D eigenvalue weighted by Crippen LogP contribution is 2.49. The van der Waals surface area contributed by atoms with Gasteiger partial charge in [-0.2, -0.15) is 0 Å². The molecule has 1 spiro atoms. The van der Waals surface area contributed by atoms with Gasteiger partial charge in [0.1, 0.15) is 0 Å². The fraction of sp³-hybridized carbons (Fsp3) is 1.00. The second-order valence-corrected chi connectivity index (χ2v) is 6.55. The summed E-state index contributed by atoms with van der Waals surface area (Å²) in [5, 5.41) is 3.40. The summed E-state index contributed by atoms with van der Waals surface area (Å²) in [6, 6.07) is 0. The molecule has 0 aromatic carbocycles. The van der Waals surface area contributed by atoms with Gasteiger partial charge in [0.2, 0.25) is 0 Å². The molecule has 1 N–H and O–H groups in total. The van der Waals surface area contributed by atoms with Crippen molar-refractivity contribution >= 4 is 0 Å². The summed E-state index contributed by atoms with van der Waals surface area (Å²) in [5.74, 6) is 2.90. The Morgan fingerprint density at radius 2 is 2.06 bits per heavy atom. The Morgan fingerprint density at radius 3 is 2.76 bits per heavy atom. The van der Waals surface area contributed by atoms with Crippen molar-refractivity contribution in [2.45, 2.75) is 57.0 Å². The van der Waals surface area contributed by atoms with E-state index in [1.165, 1.54) is 57.9 Å². The van der Waals surface area contributed by atoms with Crippen LogP contribution in [0.15, 0.2) is 0 Å². The Bertz CT molecular complexity index is 262. The van der Waals surface area contributed by atoms with Crippen LogP contribution in [0.3, 0.4) is 0 Å². The third-order valence-electron chi connectivity index (χ3n) is 5.59. The van der Waals surface area contributed by atoms with Crippen molar-refractivity contribution in [2.75, 3.05) is 20.2 Å². The summed E-state index contributed by atoms with van der Waals surface area (Å²) in [6.07, 6.45) is 11.2. The van der Waals surface area contributed by atoms with Crippen LogP contribution in [0.2, 0.25) is 0 Å². The van der Waals surface area contributed by atoms with E-state index in [-0.39, 0.29) is 0 Å². The van der Waals surface area contributed by atoms with Gasteiger partial charge >= 0.3 is 0 Å². The Kier molecular flexibility index (Phi) is 3.45. The van der Waals surface area contributed by atoms with Gasteiger partial charge in [-0.25, -0.2) is 0 Å². The fourth-order valence-electron chi connectivity index (χ4n) is 4.55. The van der Waals surface area contributed by atoms with Crippen molar-refractivity contribution in [3.05, 3.63) is 0 Å². The maximum atomic E-state index is 6.07. The first-order chi connectivity index (χ1) is 8.33. The minimum absolute atomic E-state index is 0.343. The lowest BCUT2D eigenvalue weighted by atomic mass is 9.67. The SMILES string of the molecule is CNCC1CCCC1C1CCOC2(CCC2)C1. The van der Waals surface area contributed by atoms with Crippen LogP contribution in [0, 0.1) is 17.8 Å². The molecule has 2 heteroatoms. The first-order valence-corrected chi connectivity index (χ1v) is 7.61. The van der Waals surface area contributed by atoms with Crippen molar-refractivity contribution < 1.29 is 4.74 Å². The molecule has 2 saturated carbocycles. The molecule has 0 bridgehead atoms. The molecular weight excluding hydrogens is 210 g/mol. The Hall–Kier alpha value is -0.0800. The lowest BCUT2D eigenvalue weighted by molar-refractivity contribution is -0.151. The molecule has 0 aromatic heterocycles. The van der Waals surface area contributed by atoms with Gasteiger partial charge in [-0.1, -0.05) is 6.42 Å². The molecule has 3 unspecified atom stereocenters. The molecule has 1 aliphatic heterocycles. The maximum Gasteiger partial charge on any atom is 0.0685 e. The molecular formula is C15H27NO. The third-order valence-corrected chi connectivity index (χ3v) is 5.59. The lowest BCUT2D eigenvalue weighted by Crippen LogP contribution is -2.47. The van der Waals surface area contributed by atoms with Crippen molar-refractivity contribution in [1.29, 1.82) is 0 Å². The van der Waals surface area contributed by atoms with E-state index in [1.807, 2.05) is 0 Å². The van der Waals surface area contributed by atoms with E-state index in [0.717, 1.165) is 24.4 Å². The summed E-state index contributed by atoms with van der Waals surface area (Å²) in [5.41, 5.74) is 0.343. The molecule has 17 heavy (non-hydrogen) atoms. The average Bonchev–Trinajstić information content (AvgIpc) is 2.76. The van der Waals surface area contributed by atoms with Crippen LogP contribution in [-0.2, 0) is 4.74 Å². The van der Waals surface area contributed by atoms with Crippen LogP contribution >= 0.6 is 0 Å². The highest BCUT2D eigenvalue weighted by molar-refractivity contribution is 4.97. The minimum Gasteiger partial charge on any atom is -0.375 e. The van der Waals surface area contributed by atoms with Crippen molar-refractivity contribution in [3.63, 3.8) is 0 Å². The molecule has 2 aliphatic carbocycles. The normalized spacial score (nSPS) is 40.4. The topological polar surface area (TPSA) is 21.3 Å². The number of rotatable bonds is 3. The molecule has 3 atom stereocenters. The van der Waals surface area contributed by atoms with Gasteiger partial charge in [0.05, 0.1) is 5.60 Å². The molecule has 0 amide bonds. The highest BCUT2D eigenvalue weighted by Gasteiger charge is 2.45. The van der Waals surface area contributed by atoms with Crippen LogP contribution < -0.4 is 5.32 Å². The molecule has 3 fully saturated rings. The molecule has 2 nitrogen and oxygen atoms in total. The van der Waals surface area contributed by atoms with E-state index in [2.05, 4.69) is 12.4 Å². The monoisotopic (exact) mass is 237 g/mol. The quantitative estimate of drug-likeness (QED) is 0.815. The molecule has 98 valence electrons. The molecule has 3 rings (SSSR count). The zero-order valence-corrected chi connectivity index (χ0v) is 11.2. The lowest BCUT2D eigenvalue weighted by Gasteiger charge is -2.49. The van der Waals surface area contributed by atoms with Crippen molar-refractivity contribution in [3.8, 4) is 0 Å². The van der Waals surface area contributed by atoms with E-state index in [4.69, 9.17) is 4.74 Å². The zero-order chi connectivity index (χ0) is 11.7. The van der Waals surface area contributed by atoms with Crippen LogP contribution in [0.5, 0.6) is 0 Å². The standard InChI is InChI=1S/C15H27NO/c1-16-11-13-4-2-5-14(13)12-6-9-17-15(10-12)7-3-8-15/h12-14,16H,2-11H2,1H3. The van der Waals surface area contributed by atoms with E-state index >= 15 is 0 Å². The summed E-state index contributed by atoms with van der Waals surface area (Å²) >= 11 is 0. The third kappa shape index (κ3) is 2.26. The summed E-state index contributed by atoms with van der Waals surface area (Å²) in [4.78, 5) is 0. The highest BCUT2D eigenvalue weighted by atomic mass is 16.5. The van der Waals surface area contributed by atoms with Crippen LogP contribution in [0.1, 0.15) is 51.4 Å². The first-order valence-electron chi connectivity index (χ1n) is 7.61. The molecule has 1 heterocycles. The largest absolute Gasteiger partial charge is 0.375 e. The smallest absolute Gasteiger partial charge is 0.0685 e. The number of hydrogen-bond donors (Lipinski definition) is 1.